The maximum Gasteiger partial charge on any atom is 0.189 e. The number of nitrogens with one attached hydrogen (secondary N) is 4. The summed E-state index contributed by atoms with van der Waals surface area (Å²) in [5.74, 6) is 0. The third-order valence-corrected chi connectivity index (χ3v) is 2.06. The van der Waals surface area contributed by atoms with Crippen molar-refractivity contribution in [1.29, 1.82) is 0 Å². The Morgan fingerprint density at radius 3 is 2.20 bits per heavy atom. The number of hydrogen-bond acceptors (Lipinski definition) is 2. The fourth-order valence-electron chi connectivity index (χ4n) is 0.860. The van der Waals surface area contributed by atoms with E-state index in [1.807, 2.05) is 30.3 Å². The second-order valence-corrected chi connectivity index (χ2v) is 3.47. The van der Waals surface area contributed by atoms with Gasteiger partial charge in [0, 0.05) is 12.7 Å². The van der Waals surface area contributed by atoms with Crippen molar-refractivity contribution in [2.24, 2.45) is 0 Å². The number of thiocarbonyl (C=S) groups is 2. The van der Waals surface area contributed by atoms with Crippen LogP contribution in [-0.2, 0) is 0 Å². The summed E-state index contributed by atoms with van der Waals surface area (Å²) in [6.45, 7) is 0. The standard InChI is InChI=1S/C9H12N4S2/c1-10-8(14)12-13-9(15)11-7-5-3-2-4-6-7/h2-6H,1H3,(H2,10,12,14)(H2,11,13,15). The topological polar surface area (TPSA) is 48.1 Å². The first-order valence-electron chi connectivity index (χ1n) is 4.32. The minimum Gasteiger partial charge on any atom is -0.364 e. The molecule has 0 unspecified atom stereocenters. The van der Waals surface area contributed by atoms with Gasteiger partial charge in [-0.1, -0.05) is 18.2 Å². The van der Waals surface area contributed by atoms with E-state index in [4.69, 9.17) is 24.4 Å². The van der Waals surface area contributed by atoms with E-state index in [2.05, 4.69) is 21.5 Å². The Bertz CT molecular complexity index is 339. The van der Waals surface area contributed by atoms with Crippen LogP contribution in [0.25, 0.3) is 0 Å². The van der Waals surface area contributed by atoms with Gasteiger partial charge in [-0.2, -0.15) is 0 Å². The number of benzene rings is 1. The second kappa shape index (κ2) is 6.15. The summed E-state index contributed by atoms with van der Waals surface area (Å²) in [6, 6.07) is 9.64. The van der Waals surface area contributed by atoms with Gasteiger partial charge in [0.25, 0.3) is 0 Å². The van der Waals surface area contributed by atoms with Crippen LogP contribution in [0.2, 0.25) is 0 Å². The van der Waals surface area contributed by atoms with Crippen molar-refractivity contribution in [1.82, 2.24) is 16.2 Å². The van der Waals surface area contributed by atoms with Crippen LogP contribution in [-0.4, -0.2) is 17.3 Å². The number of hydrogen-bond donors (Lipinski definition) is 4. The molecule has 0 aliphatic heterocycles. The fourth-order valence-corrected chi connectivity index (χ4v) is 1.08. The van der Waals surface area contributed by atoms with Crippen LogP contribution in [0.5, 0.6) is 0 Å². The molecule has 0 saturated heterocycles. The summed E-state index contributed by atoms with van der Waals surface area (Å²) in [4.78, 5) is 0. The fraction of sp³-hybridized carbons (Fsp3) is 0.111. The maximum atomic E-state index is 5.03. The molecule has 0 spiro atoms. The van der Waals surface area contributed by atoms with Crippen LogP contribution >= 0.6 is 24.4 Å². The molecule has 1 aromatic carbocycles. The van der Waals surface area contributed by atoms with Crippen LogP contribution in [0, 0.1) is 0 Å². The SMILES string of the molecule is CNC(=S)NNC(=S)Nc1ccccc1. The van der Waals surface area contributed by atoms with Crippen LogP contribution in [0.4, 0.5) is 5.69 Å². The molecule has 0 bridgehead atoms. The average molecular weight is 240 g/mol. The van der Waals surface area contributed by atoms with Gasteiger partial charge < -0.3 is 10.6 Å². The van der Waals surface area contributed by atoms with Crippen LogP contribution < -0.4 is 21.5 Å². The monoisotopic (exact) mass is 240 g/mol. The zero-order chi connectivity index (χ0) is 11.1. The van der Waals surface area contributed by atoms with Gasteiger partial charge in [0.15, 0.2) is 10.2 Å². The van der Waals surface area contributed by atoms with Gasteiger partial charge in [0.1, 0.15) is 0 Å². The van der Waals surface area contributed by atoms with Crippen molar-refractivity contribution in [3.63, 3.8) is 0 Å². The highest BCUT2D eigenvalue weighted by atomic mass is 32.1. The van der Waals surface area contributed by atoms with E-state index in [1.165, 1.54) is 0 Å². The minimum absolute atomic E-state index is 0.457. The quantitative estimate of drug-likeness (QED) is 0.434. The molecule has 0 atom stereocenters. The molecule has 0 fully saturated rings. The van der Waals surface area contributed by atoms with Crippen LogP contribution in [0.3, 0.4) is 0 Å². The molecule has 6 heteroatoms. The first-order chi connectivity index (χ1) is 7.22. The van der Waals surface area contributed by atoms with E-state index in [0.29, 0.717) is 10.2 Å². The molecule has 4 nitrogen and oxygen atoms in total. The lowest BCUT2D eigenvalue weighted by Gasteiger charge is -2.12. The lowest BCUT2D eigenvalue weighted by Crippen LogP contribution is -2.47. The molecule has 0 aliphatic carbocycles. The number of anilines is 1. The van der Waals surface area contributed by atoms with Gasteiger partial charge in [-0.3, -0.25) is 10.9 Å². The van der Waals surface area contributed by atoms with E-state index >= 15 is 0 Å². The Labute approximate surface area is 99.4 Å². The van der Waals surface area contributed by atoms with Crippen molar-refractivity contribution in [2.75, 3.05) is 12.4 Å². The highest BCUT2D eigenvalue weighted by Gasteiger charge is 1.96. The van der Waals surface area contributed by atoms with E-state index in [1.54, 1.807) is 7.05 Å². The minimum atomic E-state index is 0.457. The number of rotatable bonds is 1. The van der Waals surface area contributed by atoms with Crippen molar-refractivity contribution >= 4 is 40.3 Å². The summed E-state index contributed by atoms with van der Waals surface area (Å²) < 4.78 is 0. The van der Waals surface area contributed by atoms with Gasteiger partial charge in [-0.05, 0) is 36.6 Å². The zero-order valence-corrected chi connectivity index (χ0v) is 9.84. The molecule has 0 aromatic heterocycles. The molecular formula is C9H12N4S2. The van der Waals surface area contributed by atoms with Crippen molar-refractivity contribution in [2.45, 2.75) is 0 Å². The summed E-state index contributed by atoms with van der Waals surface area (Å²) in [5, 5.41) is 6.68. The first-order valence-corrected chi connectivity index (χ1v) is 5.14. The number of hydrazine groups is 1. The largest absolute Gasteiger partial charge is 0.364 e. The Hall–Kier alpha value is -1.40. The third-order valence-electron chi connectivity index (χ3n) is 1.55. The molecule has 0 heterocycles. The molecule has 0 radical (unpaired) electrons. The van der Waals surface area contributed by atoms with E-state index < -0.39 is 0 Å². The Morgan fingerprint density at radius 1 is 1.00 bits per heavy atom. The summed E-state index contributed by atoms with van der Waals surface area (Å²) >= 11 is 9.90. The zero-order valence-electron chi connectivity index (χ0n) is 8.20. The lowest BCUT2D eigenvalue weighted by molar-refractivity contribution is 0.853. The molecule has 0 saturated carbocycles. The van der Waals surface area contributed by atoms with Crippen molar-refractivity contribution in [3.05, 3.63) is 30.3 Å². The molecule has 15 heavy (non-hydrogen) atoms. The van der Waals surface area contributed by atoms with Gasteiger partial charge in [0.2, 0.25) is 0 Å². The number of para-hydroxylation sites is 1. The molecule has 80 valence electrons. The summed E-state index contributed by atoms with van der Waals surface area (Å²) in [6.07, 6.45) is 0. The summed E-state index contributed by atoms with van der Waals surface area (Å²) in [5.41, 5.74) is 6.39. The Balaban J connectivity index is 2.34. The van der Waals surface area contributed by atoms with Crippen LogP contribution in [0.15, 0.2) is 30.3 Å². The second-order valence-electron chi connectivity index (χ2n) is 2.65. The highest BCUT2D eigenvalue weighted by molar-refractivity contribution is 7.80. The lowest BCUT2D eigenvalue weighted by atomic mass is 10.3. The van der Waals surface area contributed by atoms with Gasteiger partial charge in [-0.15, -0.1) is 0 Å². The predicted octanol–water partition coefficient (Wildman–Crippen LogP) is 0.982. The van der Waals surface area contributed by atoms with Crippen LogP contribution in [0.1, 0.15) is 0 Å². The van der Waals surface area contributed by atoms with Crippen molar-refractivity contribution in [3.8, 4) is 0 Å². The van der Waals surface area contributed by atoms with E-state index in [-0.39, 0.29) is 0 Å². The Kier molecular flexibility index (Phi) is 4.79. The normalized spacial score (nSPS) is 8.87. The van der Waals surface area contributed by atoms with E-state index in [9.17, 15) is 0 Å². The molecular weight excluding hydrogens is 228 g/mol. The molecule has 0 aliphatic rings. The predicted molar refractivity (Wildman–Crippen MR) is 70.6 cm³/mol. The van der Waals surface area contributed by atoms with Gasteiger partial charge in [0.05, 0.1) is 0 Å². The van der Waals surface area contributed by atoms with Crippen molar-refractivity contribution < 1.29 is 0 Å². The molecule has 1 aromatic rings. The maximum absolute atomic E-state index is 5.03. The summed E-state index contributed by atoms with van der Waals surface area (Å²) in [7, 11) is 1.73. The Morgan fingerprint density at radius 2 is 1.60 bits per heavy atom. The first kappa shape index (κ1) is 11.7. The van der Waals surface area contributed by atoms with E-state index in [0.717, 1.165) is 5.69 Å². The smallest absolute Gasteiger partial charge is 0.189 e. The average Bonchev–Trinajstić information content (AvgIpc) is 2.27. The van der Waals surface area contributed by atoms with Gasteiger partial charge >= 0.3 is 0 Å². The molecule has 1 rings (SSSR count). The molecule has 4 N–H and O–H groups in total. The van der Waals surface area contributed by atoms with Gasteiger partial charge in [-0.25, -0.2) is 0 Å². The third kappa shape index (κ3) is 4.57. The highest BCUT2D eigenvalue weighted by Crippen LogP contribution is 2.03. The molecule has 0 amide bonds.